The first-order chi connectivity index (χ1) is 10.5. The number of carbonyl (C=O) groups is 2. The Kier molecular flexibility index (Phi) is 4.20. The van der Waals surface area contributed by atoms with Crippen molar-refractivity contribution in [3.63, 3.8) is 0 Å². The molecule has 1 atom stereocenters. The number of nitrogens with zero attached hydrogens (tertiary/aromatic N) is 1. The largest absolute Gasteiger partial charge is 0.488 e. The molecule has 1 aromatic rings. The molecule has 5 nitrogen and oxygen atoms in total. The Balaban J connectivity index is 1.79. The molecule has 1 saturated heterocycles. The third-order valence-electron chi connectivity index (χ3n) is 4.02. The Labute approximate surface area is 136 Å². The summed E-state index contributed by atoms with van der Waals surface area (Å²) >= 11 is 3.40. The average Bonchev–Trinajstić information content (AvgIpc) is 2.53. The van der Waals surface area contributed by atoms with Crippen LogP contribution in [-0.2, 0) is 9.59 Å². The number of hydrogen-bond donors (Lipinski definition) is 1. The van der Waals surface area contributed by atoms with Crippen molar-refractivity contribution in [2.24, 2.45) is 5.92 Å². The van der Waals surface area contributed by atoms with Crippen LogP contribution in [0.5, 0.6) is 5.75 Å². The van der Waals surface area contributed by atoms with Gasteiger partial charge < -0.3 is 14.7 Å². The minimum atomic E-state index is -0.833. The average molecular weight is 366 g/mol. The molecule has 6 heteroatoms. The molecule has 2 aliphatic rings. The van der Waals surface area contributed by atoms with Gasteiger partial charge in [0.25, 0.3) is 5.91 Å². The third kappa shape index (κ3) is 3.02. The molecule has 1 fully saturated rings. The summed E-state index contributed by atoms with van der Waals surface area (Å²) in [6.07, 6.45) is 3.18. The monoisotopic (exact) mass is 365 g/mol. The maximum Gasteiger partial charge on any atom is 0.308 e. The SMILES string of the molecule is O=C(O)C1CCCN(C(=O)C2=Cc3cc(Br)ccc3OC2)C1. The number of aliphatic carboxylic acids is 1. The fourth-order valence-electron chi connectivity index (χ4n) is 2.84. The van der Waals surface area contributed by atoms with E-state index in [-0.39, 0.29) is 19.1 Å². The van der Waals surface area contributed by atoms with Crippen molar-refractivity contribution in [1.82, 2.24) is 4.90 Å². The number of halogens is 1. The van der Waals surface area contributed by atoms with Crippen molar-refractivity contribution in [1.29, 1.82) is 0 Å². The predicted octanol–water partition coefficient (Wildman–Crippen LogP) is 2.55. The van der Waals surface area contributed by atoms with Crippen LogP contribution >= 0.6 is 15.9 Å². The summed E-state index contributed by atoms with van der Waals surface area (Å²) in [4.78, 5) is 25.3. The van der Waals surface area contributed by atoms with Gasteiger partial charge in [-0.15, -0.1) is 0 Å². The highest BCUT2D eigenvalue weighted by atomic mass is 79.9. The van der Waals surface area contributed by atoms with E-state index in [9.17, 15) is 9.59 Å². The Morgan fingerprint density at radius 1 is 1.36 bits per heavy atom. The van der Waals surface area contributed by atoms with E-state index in [0.717, 1.165) is 22.2 Å². The minimum Gasteiger partial charge on any atom is -0.488 e. The lowest BCUT2D eigenvalue weighted by Gasteiger charge is -2.32. The van der Waals surface area contributed by atoms with Crippen LogP contribution in [0.2, 0.25) is 0 Å². The lowest BCUT2D eigenvalue weighted by atomic mass is 9.97. The van der Waals surface area contributed by atoms with Gasteiger partial charge in [0.2, 0.25) is 0 Å². The summed E-state index contributed by atoms with van der Waals surface area (Å²) in [6, 6.07) is 5.65. The molecule has 1 N–H and O–H groups in total. The molecular formula is C16H16BrNO4. The van der Waals surface area contributed by atoms with Crippen LogP contribution in [0, 0.1) is 5.92 Å². The summed E-state index contributed by atoms with van der Waals surface area (Å²) in [5.41, 5.74) is 1.42. The zero-order chi connectivity index (χ0) is 15.7. The van der Waals surface area contributed by atoms with Crippen LogP contribution in [0.25, 0.3) is 6.08 Å². The molecule has 1 unspecified atom stereocenters. The molecular weight excluding hydrogens is 350 g/mol. The summed E-state index contributed by atoms with van der Waals surface area (Å²) in [5, 5.41) is 9.13. The molecule has 0 aromatic heterocycles. The zero-order valence-corrected chi connectivity index (χ0v) is 13.5. The van der Waals surface area contributed by atoms with Crippen molar-refractivity contribution in [3.05, 3.63) is 33.8 Å². The van der Waals surface area contributed by atoms with Crippen LogP contribution in [0.4, 0.5) is 0 Å². The second-order valence-electron chi connectivity index (χ2n) is 5.57. The smallest absolute Gasteiger partial charge is 0.308 e. The van der Waals surface area contributed by atoms with Crippen LogP contribution in [0.1, 0.15) is 18.4 Å². The van der Waals surface area contributed by atoms with Crippen molar-refractivity contribution in [2.75, 3.05) is 19.7 Å². The van der Waals surface area contributed by atoms with Gasteiger partial charge >= 0.3 is 5.97 Å². The van der Waals surface area contributed by atoms with Crippen molar-refractivity contribution < 1.29 is 19.4 Å². The van der Waals surface area contributed by atoms with E-state index >= 15 is 0 Å². The molecule has 3 rings (SSSR count). The van der Waals surface area contributed by atoms with Gasteiger partial charge in [-0.2, -0.15) is 0 Å². The van der Waals surface area contributed by atoms with Crippen molar-refractivity contribution in [3.8, 4) is 5.75 Å². The van der Waals surface area contributed by atoms with E-state index in [1.165, 1.54) is 0 Å². The summed E-state index contributed by atoms with van der Waals surface area (Å²) in [6.45, 7) is 1.10. The van der Waals surface area contributed by atoms with Crippen LogP contribution in [0.15, 0.2) is 28.2 Å². The second kappa shape index (κ2) is 6.12. The number of rotatable bonds is 2. The van der Waals surface area contributed by atoms with E-state index in [0.29, 0.717) is 18.5 Å². The van der Waals surface area contributed by atoms with Crippen molar-refractivity contribution in [2.45, 2.75) is 12.8 Å². The topological polar surface area (TPSA) is 66.8 Å². The highest BCUT2D eigenvalue weighted by Gasteiger charge is 2.30. The number of hydrogen-bond acceptors (Lipinski definition) is 3. The van der Waals surface area contributed by atoms with Gasteiger partial charge in [0.15, 0.2) is 0 Å². The van der Waals surface area contributed by atoms with Gasteiger partial charge in [0.1, 0.15) is 12.4 Å². The van der Waals surface area contributed by atoms with Crippen LogP contribution in [0.3, 0.4) is 0 Å². The van der Waals surface area contributed by atoms with Gasteiger partial charge in [-0.1, -0.05) is 15.9 Å². The lowest BCUT2D eigenvalue weighted by Crippen LogP contribution is -2.43. The molecule has 1 amide bonds. The fourth-order valence-corrected chi connectivity index (χ4v) is 3.22. The first-order valence-electron chi connectivity index (χ1n) is 7.19. The van der Waals surface area contributed by atoms with Gasteiger partial charge in [-0.3, -0.25) is 9.59 Å². The van der Waals surface area contributed by atoms with E-state index in [1.54, 1.807) is 4.90 Å². The number of carbonyl (C=O) groups excluding carboxylic acids is 1. The Morgan fingerprint density at radius 3 is 2.95 bits per heavy atom. The quantitative estimate of drug-likeness (QED) is 0.874. The van der Waals surface area contributed by atoms with Crippen LogP contribution < -0.4 is 4.74 Å². The molecule has 0 bridgehead atoms. The number of piperidine rings is 1. The summed E-state index contributed by atoms with van der Waals surface area (Å²) < 4.78 is 6.54. The molecule has 0 aliphatic carbocycles. The Bertz CT molecular complexity index is 656. The van der Waals surface area contributed by atoms with Gasteiger partial charge in [-0.25, -0.2) is 0 Å². The van der Waals surface area contributed by atoms with E-state index in [4.69, 9.17) is 9.84 Å². The number of carboxylic acid groups (broad SMARTS) is 1. The first kappa shape index (κ1) is 15.1. The number of fused-ring (bicyclic) bond motifs is 1. The number of carboxylic acids is 1. The maximum atomic E-state index is 12.6. The highest BCUT2D eigenvalue weighted by molar-refractivity contribution is 9.10. The molecule has 0 radical (unpaired) electrons. The Hall–Kier alpha value is -1.82. The summed E-state index contributed by atoms with van der Waals surface area (Å²) in [7, 11) is 0. The van der Waals surface area contributed by atoms with Crippen LogP contribution in [-0.4, -0.2) is 41.6 Å². The normalized spacial score (nSPS) is 20.7. The van der Waals surface area contributed by atoms with Gasteiger partial charge in [-0.05, 0) is 37.1 Å². The van der Waals surface area contributed by atoms with Gasteiger partial charge in [0, 0.05) is 23.1 Å². The Morgan fingerprint density at radius 2 is 2.18 bits per heavy atom. The van der Waals surface area contributed by atoms with E-state index < -0.39 is 11.9 Å². The molecule has 2 aliphatic heterocycles. The third-order valence-corrected chi connectivity index (χ3v) is 4.51. The number of ether oxygens (including phenoxy) is 1. The zero-order valence-electron chi connectivity index (χ0n) is 11.9. The summed E-state index contributed by atoms with van der Waals surface area (Å²) in [5.74, 6) is -0.678. The standard InChI is InChI=1S/C16H16BrNO4/c17-13-3-4-14-11(7-13)6-12(9-22-14)15(19)18-5-1-2-10(8-18)16(20)21/h3-4,6-7,10H,1-2,5,8-9H2,(H,20,21). The number of benzene rings is 1. The molecule has 1 aromatic carbocycles. The molecule has 0 spiro atoms. The predicted molar refractivity (Wildman–Crippen MR) is 84.6 cm³/mol. The number of amides is 1. The van der Waals surface area contributed by atoms with E-state index in [1.807, 2.05) is 24.3 Å². The van der Waals surface area contributed by atoms with E-state index in [2.05, 4.69) is 15.9 Å². The minimum absolute atomic E-state index is 0.128. The van der Waals surface area contributed by atoms with Gasteiger partial charge in [0.05, 0.1) is 11.5 Å². The first-order valence-corrected chi connectivity index (χ1v) is 7.99. The molecule has 0 saturated carbocycles. The highest BCUT2D eigenvalue weighted by Crippen LogP contribution is 2.30. The lowest BCUT2D eigenvalue weighted by molar-refractivity contribution is -0.145. The number of likely N-dealkylation sites (tertiary alicyclic amines) is 1. The second-order valence-corrected chi connectivity index (χ2v) is 6.48. The molecule has 116 valence electrons. The maximum absolute atomic E-state index is 12.6. The molecule has 2 heterocycles. The fraction of sp³-hybridized carbons (Fsp3) is 0.375. The molecule has 22 heavy (non-hydrogen) atoms. The van der Waals surface area contributed by atoms with Crippen molar-refractivity contribution >= 4 is 33.9 Å².